The molecule has 96 valence electrons. The first-order chi connectivity index (χ1) is 8.50. The van der Waals surface area contributed by atoms with Crippen LogP contribution in [0.4, 0.5) is 11.4 Å². The van der Waals surface area contributed by atoms with E-state index in [9.17, 15) is 14.9 Å². The van der Waals surface area contributed by atoms with Crippen LogP contribution < -0.4 is 11.1 Å². The normalized spacial score (nSPS) is 10.5. The Morgan fingerprint density at radius 1 is 1.56 bits per heavy atom. The van der Waals surface area contributed by atoms with Crippen LogP contribution in [0.1, 0.15) is 18.9 Å². The summed E-state index contributed by atoms with van der Waals surface area (Å²) in [6, 6.07) is 4.42. The van der Waals surface area contributed by atoms with E-state index < -0.39 is 4.92 Å². The molecule has 0 aliphatic heterocycles. The van der Waals surface area contributed by atoms with Gasteiger partial charge in [-0.3, -0.25) is 14.9 Å². The third-order valence-corrected chi connectivity index (χ3v) is 2.23. The monoisotopic (exact) mass is 249 g/mol. The third-order valence-electron chi connectivity index (χ3n) is 2.23. The molecule has 0 radical (unpaired) electrons. The fourth-order valence-corrected chi connectivity index (χ4v) is 1.41. The third kappa shape index (κ3) is 4.25. The minimum atomic E-state index is -0.451. The number of nitrogens with two attached hydrogens (primary N) is 1. The summed E-state index contributed by atoms with van der Waals surface area (Å²) in [7, 11) is 0. The number of carbonyl (C=O) groups excluding carboxylic acids is 1. The summed E-state index contributed by atoms with van der Waals surface area (Å²) in [6.45, 7) is 1.94. The molecule has 0 aliphatic carbocycles. The summed E-state index contributed by atoms with van der Waals surface area (Å²) in [6.07, 6.45) is 4.00. The Kier molecular flexibility index (Phi) is 4.86. The van der Waals surface area contributed by atoms with Crippen LogP contribution in [0, 0.1) is 10.1 Å². The summed E-state index contributed by atoms with van der Waals surface area (Å²) >= 11 is 0. The lowest BCUT2D eigenvalue weighted by Crippen LogP contribution is -2.20. The van der Waals surface area contributed by atoms with Crippen molar-refractivity contribution in [2.45, 2.75) is 13.3 Å². The second kappa shape index (κ2) is 6.39. The SMILES string of the molecule is CC(=O)NCCC=Cc1cc(N)ccc1[N+](=O)[O-]. The highest BCUT2D eigenvalue weighted by molar-refractivity contribution is 5.72. The highest BCUT2D eigenvalue weighted by Gasteiger charge is 2.10. The molecular formula is C12H15N3O3. The Morgan fingerprint density at radius 3 is 2.89 bits per heavy atom. The number of hydrogen-bond donors (Lipinski definition) is 2. The van der Waals surface area contributed by atoms with E-state index in [1.165, 1.54) is 19.1 Å². The number of nitro groups is 1. The molecule has 1 rings (SSSR count). The molecule has 6 heteroatoms. The number of carbonyl (C=O) groups is 1. The minimum Gasteiger partial charge on any atom is -0.399 e. The van der Waals surface area contributed by atoms with Crippen LogP contribution in [-0.4, -0.2) is 17.4 Å². The van der Waals surface area contributed by atoms with Gasteiger partial charge in [-0.2, -0.15) is 0 Å². The molecule has 0 unspecified atom stereocenters. The first-order valence-electron chi connectivity index (χ1n) is 5.45. The maximum absolute atomic E-state index is 10.8. The number of hydrogen-bond acceptors (Lipinski definition) is 4. The van der Waals surface area contributed by atoms with Crippen molar-refractivity contribution < 1.29 is 9.72 Å². The van der Waals surface area contributed by atoms with Crippen LogP contribution in [0.15, 0.2) is 24.3 Å². The average molecular weight is 249 g/mol. The summed E-state index contributed by atoms with van der Waals surface area (Å²) in [5.41, 5.74) is 6.53. The summed E-state index contributed by atoms with van der Waals surface area (Å²) in [5, 5.41) is 13.4. The van der Waals surface area contributed by atoms with Gasteiger partial charge in [0.05, 0.1) is 10.5 Å². The lowest BCUT2D eigenvalue weighted by Gasteiger charge is -2.00. The Morgan fingerprint density at radius 2 is 2.28 bits per heavy atom. The van der Waals surface area contributed by atoms with Gasteiger partial charge in [-0.1, -0.05) is 12.2 Å². The van der Waals surface area contributed by atoms with Gasteiger partial charge in [0.15, 0.2) is 0 Å². The van der Waals surface area contributed by atoms with Crippen LogP contribution in [-0.2, 0) is 4.79 Å². The number of nitrogens with zero attached hydrogens (tertiary/aromatic N) is 1. The van der Waals surface area contributed by atoms with E-state index >= 15 is 0 Å². The quantitative estimate of drug-likeness (QED) is 0.359. The Labute approximate surface area is 105 Å². The van der Waals surface area contributed by atoms with Gasteiger partial charge < -0.3 is 11.1 Å². The van der Waals surface area contributed by atoms with Gasteiger partial charge in [-0.05, 0) is 18.6 Å². The van der Waals surface area contributed by atoms with E-state index in [0.29, 0.717) is 24.2 Å². The van der Waals surface area contributed by atoms with Crippen LogP contribution in [0.2, 0.25) is 0 Å². The van der Waals surface area contributed by atoms with Gasteiger partial charge in [-0.25, -0.2) is 0 Å². The first-order valence-corrected chi connectivity index (χ1v) is 5.45. The number of benzene rings is 1. The maximum atomic E-state index is 10.8. The summed E-state index contributed by atoms with van der Waals surface area (Å²) < 4.78 is 0. The fourth-order valence-electron chi connectivity index (χ4n) is 1.41. The number of rotatable bonds is 5. The lowest BCUT2D eigenvalue weighted by molar-refractivity contribution is -0.385. The topological polar surface area (TPSA) is 98.3 Å². The summed E-state index contributed by atoms with van der Waals surface area (Å²) in [4.78, 5) is 21.0. The molecule has 1 amide bonds. The van der Waals surface area contributed by atoms with Gasteiger partial charge in [0, 0.05) is 25.2 Å². The van der Waals surface area contributed by atoms with Gasteiger partial charge in [0.2, 0.25) is 5.91 Å². The molecule has 6 nitrogen and oxygen atoms in total. The largest absolute Gasteiger partial charge is 0.399 e. The van der Waals surface area contributed by atoms with E-state index in [4.69, 9.17) is 5.73 Å². The van der Waals surface area contributed by atoms with Crippen molar-refractivity contribution in [2.24, 2.45) is 0 Å². The molecular weight excluding hydrogens is 234 g/mol. The predicted molar refractivity (Wildman–Crippen MR) is 69.8 cm³/mol. The molecule has 0 aliphatic rings. The van der Waals surface area contributed by atoms with Crippen molar-refractivity contribution in [3.63, 3.8) is 0 Å². The maximum Gasteiger partial charge on any atom is 0.276 e. The molecule has 0 atom stereocenters. The first kappa shape index (κ1) is 13.7. The Bertz CT molecular complexity index is 483. The van der Waals surface area contributed by atoms with Crippen molar-refractivity contribution in [3.8, 4) is 0 Å². The molecule has 0 spiro atoms. The van der Waals surface area contributed by atoms with E-state index in [2.05, 4.69) is 5.32 Å². The van der Waals surface area contributed by atoms with Gasteiger partial charge in [0.1, 0.15) is 0 Å². The molecule has 0 saturated heterocycles. The molecule has 0 bridgehead atoms. The van der Waals surface area contributed by atoms with Crippen LogP contribution in [0.25, 0.3) is 6.08 Å². The number of nitrogen functional groups attached to an aromatic ring is 1. The fraction of sp³-hybridized carbons (Fsp3) is 0.250. The number of amides is 1. The molecule has 1 aromatic carbocycles. The molecule has 3 N–H and O–H groups in total. The van der Waals surface area contributed by atoms with Gasteiger partial charge >= 0.3 is 0 Å². The zero-order valence-corrected chi connectivity index (χ0v) is 10.1. The van der Waals surface area contributed by atoms with E-state index in [0.717, 1.165) is 0 Å². The van der Waals surface area contributed by atoms with Crippen molar-refractivity contribution in [3.05, 3.63) is 40.0 Å². The highest BCUT2D eigenvalue weighted by Crippen LogP contribution is 2.22. The standard InChI is InChI=1S/C12H15N3O3/c1-9(16)14-7-3-2-4-10-8-11(13)5-6-12(10)15(17)18/h2,4-6,8H,3,7,13H2,1H3,(H,14,16). The van der Waals surface area contributed by atoms with E-state index in [-0.39, 0.29) is 11.6 Å². The number of anilines is 1. The Balaban J connectivity index is 2.70. The van der Waals surface area contributed by atoms with E-state index in [1.807, 2.05) is 0 Å². The van der Waals surface area contributed by atoms with Gasteiger partial charge in [0.25, 0.3) is 5.69 Å². The average Bonchev–Trinajstić information content (AvgIpc) is 2.27. The number of nitro benzene ring substituents is 1. The summed E-state index contributed by atoms with van der Waals surface area (Å²) in [5.74, 6) is -0.0988. The molecule has 0 aromatic heterocycles. The van der Waals surface area contributed by atoms with Crippen molar-refractivity contribution >= 4 is 23.4 Å². The zero-order valence-electron chi connectivity index (χ0n) is 10.1. The second-order valence-corrected chi connectivity index (χ2v) is 3.75. The molecule has 1 aromatic rings. The molecule has 18 heavy (non-hydrogen) atoms. The molecule has 0 heterocycles. The smallest absolute Gasteiger partial charge is 0.276 e. The predicted octanol–water partition coefficient (Wildman–Crippen LogP) is 1.72. The number of nitrogens with one attached hydrogen (secondary N) is 1. The minimum absolute atomic E-state index is 0.0139. The van der Waals surface area contributed by atoms with Crippen LogP contribution in [0.3, 0.4) is 0 Å². The van der Waals surface area contributed by atoms with Gasteiger partial charge in [-0.15, -0.1) is 0 Å². The molecule has 0 fully saturated rings. The Hall–Kier alpha value is -2.37. The van der Waals surface area contributed by atoms with E-state index in [1.54, 1.807) is 18.2 Å². The zero-order chi connectivity index (χ0) is 13.5. The van der Waals surface area contributed by atoms with Crippen LogP contribution >= 0.6 is 0 Å². The molecule has 0 saturated carbocycles. The van der Waals surface area contributed by atoms with Crippen molar-refractivity contribution in [2.75, 3.05) is 12.3 Å². The lowest BCUT2D eigenvalue weighted by atomic mass is 10.1. The highest BCUT2D eigenvalue weighted by atomic mass is 16.6. The van der Waals surface area contributed by atoms with Crippen LogP contribution in [0.5, 0.6) is 0 Å². The van der Waals surface area contributed by atoms with Crippen molar-refractivity contribution in [1.29, 1.82) is 0 Å². The van der Waals surface area contributed by atoms with Crippen molar-refractivity contribution in [1.82, 2.24) is 5.32 Å². The second-order valence-electron chi connectivity index (χ2n) is 3.75.